The van der Waals surface area contributed by atoms with Gasteiger partial charge in [0, 0.05) is 30.9 Å². The van der Waals surface area contributed by atoms with Crippen LogP contribution in [-0.2, 0) is 4.74 Å². The monoisotopic (exact) mass is 358 g/mol. The molecule has 9 heteroatoms. The number of benzene rings is 2. The number of nitro groups is 1. The molecule has 0 unspecified atom stereocenters. The molecule has 0 spiro atoms. The summed E-state index contributed by atoms with van der Waals surface area (Å²) in [5.41, 5.74) is 3.37. The number of morpholine rings is 1. The van der Waals surface area contributed by atoms with Gasteiger partial charge in [-0.1, -0.05) is 0 Å². The predicted octanol–water partition coefficient (Wildman–Crippen LogP) is 2.76. The molecule has 0 saturated carbocycles. The molecule has 3 rings (SSSR count). The van der Waals surface area contributed by atoms with Crippen molar-refractivity contribution in [2.45, 2.75) is 0 Å². The highest BCUT2D eigenvalue weighted by atomic mass is 16.6. The van der Waals surface area contributed by atoms with Gasteiger partial charge in [-0.25, -0.2) is 9.80 Å². The normalized spacial score (nSPS) is 14.5. The molecule has 2 aromatic rings. The zero-order valence-corrected chi connectivity index (χ0v) is 13.9. The number of carbonyl (C=O) groups is 1. The maximum atomic E-state index is 12.0. The third kappa shape index (κ3) is 4.91. The number of hydrazine groups is 1. The van der Waals surface area contributed by atoms with E-state index in [0.29, 0.717) is 43.5 Å². The number of non-ortho nitro benzene ring substituents is 1. The standard InChI is InChI=1S/C17H18N4O5/c22-17(19-20-9-11-25-12-10-20)18-13-1-5-15(6-2-13)26-16-7-3-14(4-8-16)21(23)24/h1-8H,9-12H2,(H2,18,19,22). The number of hydrogen-bond acceptors (Lipinski definition) is 6. The minimum absolute atomic E-state index is 0.00294. The van der Waals surface area contributed by atoms with Crippen LogP contribution in [0.4, 0.5) is 16.2 Å². The van der Waals surface area contributed by atoms with E-state index >= 15 is 0 Å². The molecule has 2 amide bonds. The van der Waals surface area contributed by atoms with Crippen molar-refractivity contribution in [2.75, 3.05) is 31.6 Å². The van der Waals surface area contributed by atoms with Crippen LogP contribution in [0.15, 0.2) is 48.5 Å². The van der Waals surface area contributed by atoms with E-state index in [1.54, 1.807) is 29.3 Å². The maximum absolute atomic E-state index is 12.0. The van der Waals surface area contributed by atoms with Crippen molar-refractivity contribution < 1.29 is 19.2 Å². The Kier molecular flexibility index (Phi) is 5.62. The van der Waals surface area contributed by atoms with Crippen molar-refractivity contribution in [1.29, 1.82) is 0 Å². The fraction of sp³-hybridized carbons (Fsp3) is 0.235. The summed E-state index contributed by atoms with van der Waals surface area (Å²) in [5.74, 6) is 1.04. The highest BCUT2D eigenvalue weighted by Gasteiger charge is 2.13. The number of rotatable bonds is 5. The summed E-state index contributed by atoms with van der Waals surface area (Å²) in [5, 5.41) is 15.2. The largest absolute Gasteiger partial charge is 0.457 e. The second-order valence-electron chi connectivity index (χ2n) is 5.54. The molecule has 1 heterocycles. The number of ether oxygens (including phenoxy) is 2. The molecule has 26 heavy (non-hydrogen) atoms. The first-order valence-electron chi connectivity index (χ1n) is 8.03. The van der Waals surface area contributed by atoms with Crippen LogP contribution >= 0.6 is 0 Å². The van der Waals surface area contributed by atoms with Gasteiger partial charge in [0.05, 0.1) is 18.1 Å². The average molecular weight is 358 g/mol. The Morgan fingerprint density at radius 2 is 1.62 bits per heavy atom. The quantitative estimate of drug-likeness (QED) is 0.629. The van der Waals surface area contributed by atoms with Crippen molar-refractivity contribution >= 4 is 17.4 Å². The van der Waals surface area contributed by atoms with Gasteiger partial charge in [-0.3, -0.25) is 15.5 Å². The molecule has 1 saturated heterocycles. The molecular formula is C17H18N4O5. The van der Waals surface area contributed by atoms with Crippen LogP contribution in [-0.4, -0.2) is 42.3 Å². The SMILES string of the molecule is O=C(Nc1ccc(Oc2ccc([N+](=O)[O-])cc2)cc1)NN1CCOCC1. The summed E-state index contributed by atoms with van der Waals surface area (Å²) in [7, 11) is 0. The van der Waals surface area contributed by atoms with Gasteiger partial charge < -0.3 is 14.8 Å². The zero-order valence-electron chi connectivity index (χ0n) is 13.9. The molecule has 1 aliphatic rings. The number of carbonyl (C=O) groups excluding carboxylic acids is 1. The van der Waals surface area contributed by atoms with Crippen LogP contribution in [0.25, 0.3) is 0 Å². The van der Waals surface area contributed by atoms with Crippen molar-refractivity contribution in [1.82, 2.24) is 10.4 Å². The molecule has 0 bridgehead atoms. The van der Waals surface area contributed by atoms with Gasteiger partial charge in [-0.05, 0) is 36.4 Å². The van der Waals surface area contributed by atoms with Crippen LogP contribution in [0.5, 0.6) is 11.5 Å². The van der Waals surface area contributed by atoms with E-state index in [0.717, 1.165) is 0 Å². The molecule has 1 fully saturated rings. The van der Waals surface area contributed by atoms with Gasteiger partial charge in [0.2, 0.25) is 0 Å². The minimum atomic E-state index is -0.466. The smallest absolute Gasteiger partial charge is 0.333 e. The highest BCUT2D eigenvalue weighted by molar-refractivity contribution is 5.88. The van der Waals surface area contributed by atoms with Crippen molar-refractivity contribution in [2.24, 2.45) is 0 Å². The van der Waals surface area contributed by atoms with Crippen molar-refractivity contribution in [3.8, 4) is 11.5 Å². The molecule has 1 aliphatic heterocycles. The molecule has 0 atom stereocenters. The summed E-state index contributed by atoms with van der Waals surface area (Å²) in [6.07, 6.45) is 0. The molecule has 0 radical (unpaired) electrons. The Morgan fingerprint density at radius 1 is 1.04 bits per heavy atom. The maximum Gasteiger partial charge on any atom is 0.333 e. The molecule has 2 N–H and O–H groups in total. The van der Waals surface area contributed by atoms with Crippen molar-refractivity contribution in [3.05, 3.63) is 58.6 Å². The predicted molar refractivity (Wildman–Crippen MR) is 94.2 cm³/mol. The lowest BCUT2D eigenvalue weighted by Crippen LogP contribution is -2.49. The Morgan fingerprint density at radius 3 is 2.19 bits per heavy atom. The number of hydrogen-bond donors (Lipinski definition) is 2. The van der Waals surface area contributed by atoms with E-state index in [2.05, 4.69) is 10.7 Å². The number of urea groups is 1. The number of anilines is 1. The second kappa shape index (κ2) is 8.28. The lowest BCUT2D eigenvalue weighted by molar-refractivity contribution is -0.384. The van der Waals surface area contributed by atoms with Gasteiger partial charge >= 0.3 is 6.03 Å². The van der Waals surface area contributed by atoms with Crippen LogP contribution in [0.2, 0.25) is 0 Å². The fourth-order valence-corrected chi connectivity index (χ4v) is 2.36. The highest BCUT2D eigenvalue weighted by Crippen LogP contribution is 2.24. The van der Waals surface area contributed by atoms with E-state index in [4.69, 9.17) is 9.47 Å². The number of nitrogens with one attached hydrogen (secondary N) is 2. The van der Waals surface area contributed by atoms with Crippen LogP contribution < -0.4 is 15.5 Å². The topological polar surface area (TPSA) is 106 Å². The summed E-state index contributed by atoms with van der Waals surface area (Å²) in [6, 6.07) is 12.3. The lowest BCUT2D eigenvalue weighted by atomic mass is 10.3. The Hall–Kier alpha value is -3.17. The first-order chi connectivity index (χ1) is 12.6. The number of nitrogens with zero attached hydrogens (tertiary/aromatic N) is 2. The first kappa shape index (κ1) is 17.6. The molecule has 9 nitrogen and oxygen atoms in total. The Labute approximate surface area is 149 Å². The van der Waals surface area contributed by atoms with E-state index in [1.165, 1.54) is 24.3 Å². The van der Waals surface area contributed by atoms with Gasteiger partial charge in [-0.15, -0.1) is 0 Å². The molecule has 0 aliphatic carbocycles. The Bertz CT molecular complexity index is 758. The lowest BCUT2D eigenvalue weighted by Gasteiger charge is -2.26. The average Bonchev–Trinajstić information content (AvgIpc) is 2.64. The van der Waals surface area contributed by atoms with Gasteiger partial charge in [-0.2, -0.15) is 0 Å². The summed E-state index contributed by atoms with van der Waals surface area (Å²) in [4.78, 5) is 22.1. The third-order valence-electron chi connectivity index (χ3n) is 3.67. The molecule has 136 valence electrons. The summed E-state index contributed by atoms with van der Waals surface area (Å²) < 4.78 is 10.8. The van der Waals surface area contributed by atoms with Crippen molar-refractivity contribution in [3.63, 3.8) is 0 Å². The molecule has 2 aromatic carbocycles. The molecule has 0 aromatic heterocycles. The van der Waals surface area contributed by atoms with E-state index in [9.17, 15) is 14.9 Å². The Balaban J connectivity index is 1.52. The number of nitro benzene ring substituents is 1. The fourth-order valence-electron chi connectivity index (χ4n) is 2.36. The second-order valence-corrected chi connectivity index (χ2v) is 5.54. The van der Waals surface area contributed by atoms with Gasteiger partial charge in [0.15, 0.2) is 0 Å². The summed E-state index contributed by atoms with van der Waals surface area (Å²) >= 11 is 0. The van der Waals surface area contributed by atoms with E-state index in [-0.39, 0.29) is 11.7 Å². The van der Waals surface area contributed by atoms with E-state index in [1.807, 2.05) is 0 Å². The minimum Gasteiger partial charge on any atom is -0.457 e. The zero-order chi connectivity index (χ0) is 18.4. The van der Waals surface area contributed by atoms with Crippen LogP contribution in [0.3, 0.4) is 0 Å². The van der Waals surface area contributed by atoms with Gasteiger partial charge in [0.1, 0.15) is 11.5 Å². The van der Waals surface area contributed by atoms with Crippen LogP contribution in [0.1, 0.15) is 0 Å². The summed E-state index contributed by atoms with van der Waals surface area (Å²) in [6.45, 7) is 2.48. The third-order valence-corrected chi connectivity index (χ3v) is 3.67. The number of amides is 2. The molecular weight excluding hydrogens is 340 g/mol. The van der Waals surface area contributed by atoms with Gasteiger partial charge in [0.25, 0.3) is 5.69 Å². The first-order valence-corrected chi connectivity index (χ1v) is 8.03. The van der Waals surface area contributed by atoms with E-state index < -0.39 is 4.92 Å². The van der Waals surface area contributed by atoms with Crippen LogP contribution in [0, 0.1) is 10.1 Å².